The first kappa shape index (κ1) is 15.0. The first-order valence-electron chi connectivity index (χ1n) is 7.50. The molecule has 1 amide bonds. The summed E-state index contributed by atoms with van der Waals surface area (Å²) in [5, 5.41) is 16.5. The van der Waals surface area contributed by atoms with Gasteiger partial charge in [-0.05, 0) is 43.2 Å². The van der Waals surface area contributed by atoms with E-state index in [2.05, 4.69) is 10.2 Å². The number of piperidine rings is 1. The number of benzene rings is 1. The Morgan fingerprint density at radius 3 is 2.83 bits per heavy atom. The maximum absolute atomic E-state index is 12.6. The van der Waals surface area contributed by atoms with Crippen LogP contribution in [-0.2, 0) is 0 Å². The van der Waals surface area contributed by atoms with E-state index in [0.29, 0.717) is 30.1 Å². The minimum absolute atomic E-state index is 0.0399. The van der Waals surface area contributed by atoms with Crippen molar-refractivity contribution in [3.05, 3.63) is 53.7 Å². The van der Waals surface area contributed by atoms with E-state index in [4.69, 9.17) is 10.00 Å². The molecular weight excluding hydrogens is 292 g/mol. The number of rotatable bonds is 3. The third kappa shape index (κ3) is 3.64. The predicted octanol–water partition coefficient (Wildman–Crippen LogP) is 2.03. The summed E-state index contributed by atoms with van der Waals surface area (Å²) in [6, 6.07) is 12.3. The van der Waals surface area contributed by atoms with Crippen LogP contribution < -0.4 is 4.74 Å². The van der Waals surface area contributed by atoms with Crippen molar-refractivity contribution in [2.24, 2.45) is 0 Å². The smallest absolute Gasteiger partial charge is 0.253 e. The van der Waals surface area contributed by atoms with Gasteiger partial charge in [0.2, 0.25) is 5.88 Å². The van der Waals surface area contributed by atoms with Crippen LogP contribution in [0.15, 0.2) is 42.6 Å². The number of carbonyl (C=O) groups is 1. The van der Waals surface area contributed by atoms with Gasteiger partial charge in [0.1, 0.15) is 6.10 Å². The van der Waals surface area contributed by atoms with Crippen LogP contribution in [-0.4, -0.2) is 40.2 Å². The molecule has 0 bridgehead atoms. The number of amides is 1. The number of carbonyl (C=O) groups excluding carboxylic acids is 1. The van der Waals surface area contributed by atoms with Gasteiger partial charge < -0.3 is 9.64 Å². The SMILES string of the molecule is N#Cc1ccc(C(=O)N2CCCC(Oc3cccnn3)C2)cc1. The van der Waals surface area contributed by atoms with Crippen molar-refractivity contribution in [1.29, 1.82) is 5.26 Å². The molecule has 1 aromatic heterocycles. The van der Waals surface area contributed by atoms with E-state index in [0.717, 1.165) is 12.8 Å². The number of nitrogens with zero attached hydrogens (tertiary/aromatic N) is 4. The topological polar surface area (TPSA) is 79.1 Å². The number of ether oxygens (including phenoxy) is 1. The van der Waals surface area contributed by atoms with Crippen LogP contribution in [0.3, 0.4) is 0 Å². The Labute approximate surface area is 134 Å². The van der Waals surface area contributed by atoms with Crippen LogP contribution in [0, 0.1) is 11.3 Å². The fraction of sp³-hybridized carbons (Fsp3) is 0.294. The average molecular weight is 308 g/mol. The van der Waals surface area contributed by atoms with Gasteiger partial charge in [0.05, 0.1) is 18.2 Å². The van der Waals surface area contributed by atoms with Crippen LogP contribution in [0.2, 0.25) is 0 Å². The van der Waals surface area contributed by atoms with Gasteiger partial charge >= 0.3 is 0 Å². The maximum Gasteiger partial charge on any atom is 0.253 e. The summed E-state index contributed by atoms with van der Waals surface area (Å²) in [6.07, 6.45) is 3.28. The van der Waals surface area contributed by atoms with Gasteiger partial charge in [0, 0.05) is 24.4 Å². The molecule has 2 heterocycles. The van der Waals surface area contributed by atoms with Crippen LogP contribution in [0.5, 0.6) is 5.88 Å². The number of nitriles is 1. The van der Waals surface area contributed by atoms with Gasteiger partial charge in [-0.15, -0.1) is 5.10 Å². The second kappa shape index (κ2) is 6.88. The van der Waals surface area contributed by atoms with E-state index in [1.807, 2.05) is 6.07 Å². The molecule has 1 saturated heterocycles. The summed E-state index contributed by atoms with van der Waals surface area (Å²) < 4.78 is 5.80. The minimum atomic E-state index is -0.0808. The molecule has 0 aliphatic carbocycles. The zero-order valence-corrected chi connectivity index (χ0v) is 12.6. The van der Waals surface area contributed by atoms with Crippen molar-refractivity contribution in [2.75, 3.05) is 13.1 Å². The van der Waals surface area contributed by atoms with Gasteiger partial charge in [-0.2, -0.15) is 10.4 Å². The lowest BCUT2D eigenvalue weighted by Crippen LogP contribution is -2.44. The molecule has 23 heavy (non-hydrogen) atoms. The highest BCUT2D eigenvalue weighted by atomic mass is 16.5. The van der Waals surface area contributed by atoms with Crippen LogP contribution >= 0.6 is 0 Å². The number of hydrogen-bond acceptors (Lipinski definition) is 5. The fourth-order valence-electron chi connectivity index (χ4n) is 2.61. The van der Waals surface area contributed by atoms with Gasteiger partial charge in [0.15, 0.2) is 0 Å². The first-order valence-corrected chi connectivity index (χ1v) is 7.50. The molecule has 1 unspecified atom stereocenters. The highest BCUT2D eigenvalue weighted by Gasteiger charge is 2.26. The summed E-state index contributed by atoms with van der Waals surface area (Å²) in [7, 11) is 0. The van der Waals surface area contributed by atoms with Crippen molar-refractivity contribution in [3.63, 3.8) is 0 Å². The molecule has 1 aliphatic heterocycles. The van der Waals surface area contributed by atoms with E-state index < -0.39 is 0 Å². The molecule has 6 nitrogen and oxygen atoms in total. The quantitative estimate of drug-likeness (QED) is 0.867. The Bertz CT molecular complexity index is 710. The normalized spacial score (nSPS) is 17.3. The van der Waals surface area contributed by atoms with E-state index >= 15 is 0 Å². The molecule has 0 radical (unpaired) electrons. The summed E-state index contributed by atoms with van der Waals surface area (Å²) in [4.78, 5) is 14.3. The number of likely N-dealkylation sites (tertiary alicyclic amines) is 1. The third-order valence-electron chi connectivity index (χ3n) is 3.76. The molecule has 1 atom stereocenters. The molecule has 0 N–H and O–H groups in total. The highest BCUT2D eigenvalue weighted by molar-refractivity contribution is 5.94. The molecular formula is C17H16N4O2. The summed E-state index contributed by atoms with van der Waals surface area (Å²) in [6.45, 7) is 1.23. The Balaban J connectivity index is 1.65. The van der Waals surface area contributed by atoms with Gasteiger partial charge in [0.25, 0.3) is 5.91 Å². The van der Waals surface area contributed by atoms with E-state index in [1.54, 1.807) is 47.5 Å². The lowest BCUT2D eigenvalue weighted by Gasteiger charge is -2.32. The van der Waals surface area contributed by atoms with Crippen molar-refractivity contribution < 1.29 is 9.53 Å². The molecule has 1 aromatic carbocycles. The molecule has 1 fully saturated rings. The second-order valence-electron chi connectivity index (χ2n) is 5.38. The Kier molecular flexibility index (Phi) is 4.48. The number of hydrogen-bond donors (Lipinski definition) is 0. The second-order valence-corrected chi connectivity index (χ2v) is 5.38. The summed E-state index contributed by atoms with van der Waals surface area (Å²) in [5.74, 6) is 0.437. The van der Waals surface area contributed by atoms with Crippen molar-refractivity contribution in [2.45, 2.75) is 18.9 Å². The van der Waals surface area contributed by atoms with Gasteiger partial charge in [-0.25, -0.2) is 0 Å². The Morgan fingerprint density at radius 1 is 1.30 bits per heavy atom. The molecule has 116 valence electrons. The lowest BCUT2D eigenvalue weighted by molar-refractivity contribution is 0.0525. The minimum Gasteiger partial charge on any atom is -0.471 e. The zero-order chi connectivity index (χ0) is 16.1. The maximum atomic E-state index is 12.6. The third-order valence-corrected chi connectivity index (χ3v) is 3.76. The van der Waals surface area contributed by atoms with E-state index in [1.165, 1.54) is 0 Å². The largest absolute Gasteiger partial charge is 0.471 e. The van der Waals surface area contributed by atoms with Crippen molar-refractivity contribution >= 4 is 5.91 Å². The van der Waals surface area contributed by atoms with Crippen molar-refractivity contribution in [1.82, 2.24) is 15.1 Å². The Morgan fingerprint density at radius 2 is 2.13 bits per heavy atom. The molecule has 6 heteroatoms. The van der Waals surface area contributed by atoms with Crippen LogP contribution in [0.4, 0.5) is 0 Å². The standard InChI is InChI=1S/C17H16N4O2/c18-11-13-5-7-14(8-6-13)17(22)21-10-2-3-15(12-21)23-16-4-1-9-19-20-16/h1,4-9,15H,2-3,10,12H2. The summed E-state index contributed by atoms with van der Waals surface area (Å²) >= 11 is 0. The summed E-state index contributed by atoms with van der Waals surface area (Å²) in [5.41, 5.74) is 1.13. The van der Waals surface area contributed by atoms with Crippen LogP contribution in [0.1, 0.15) is 28.8 Å². The first-order chi connectivity index (χ1) is 11.3. The average Bonchev–Trinajstić information content (AvgIpc) is 2.62. The molecule has 0 saturated carbocycles. The van der Waals surface area contributed by atoms with E-state index in [9.17, 15) is 4.79 Å². The van der Waals surface area contributed by atoms with Gasteiger partial charge in [-0.3, -0.25) is 4.79 Å². The monoisotopic (exact) mass is 308 g/mol. The zero-order valence-electron chi connectivity index (χ0n) is 12.6. The lowest BCUT2D eigenvalue weighted by atomic mass is 10.1. The predicted molar refractivity (Wildman–Crippen MR) is 82.7 cm³/mol. The molecule has 0 spiro atoms. The molecule has 2 aromatic rings. The number of aromatic nitrogens is 2. The fourth-order valence-corrected chi connectivity index (χ4v) is 2.61. The highest BCUT2D eigenvalue weighted by Crippen LogP contribution is 2.18. The molecule has 3 rings (SSSR count). The van der Waals surface area contributed by atoms with E-state index in [-0.39, 0.29) is 12.0 Å². The van der Waals surface area contributed by atoms with Crippen LogP contribution in [0.25, 0.3) is 0 Å². The molecule has 1 aliphatic rings. The Hall–Kier alpha value is -2.94. The van der Waals surface area contributed by atoms with Gasteiger partial charge in [-0.1, -0.05) is 0 Å². The van der Waals surface area contributed by atoms with Crippen molar-refractivity contribution in [3.8, 4) is 11.9 Å².